The smallest absolute Gasteiger partial charge is 0.254 e. The zero-order valence-electron chi connectivity index (χ0n) is 16.4. The molecule has 2 atom stereocenters. The lowest BCUT2D eigenvalue weighted by atomic mass is 10.0. The number of benzene rings is 2. The van der Waals surface area contributed by atoms with E-state index in [-0.39, 0.29) is 18.1 Å². The Balaban J connectivity index is 1.44. The van der Waals surface area contributed by atoms with Crippen LogP contribution >= 0.6 is 0 Å². The lowest BCUT2D eigenvalue weighted by Crippen LogP contribution is -2.49. The van der Waals surface area contributed by atoms with Crippen LogP contribution < -0.4 is 4.74 Å². The van der Waals surface area contributed by atoms with Gasteiger partial charge in [-0.25, -0.2) is 0 Å². The average molecular weight is 380 g/mol. The van der Waals surface area contributed by atoms with Gasteiger partial charge in [0.15, 0.2) is 0 Å². The van der Waals surface area contributed by atoms with Crippen molar-refractivity contribution in [1.82, 2.24) is 9.80 Å². The summed E-state index contributed by atoms with van der Waals surface area (Å²) in [6.07, 6.45) is 2.36. The number of amides is 1. The number of rotatable bonds is 5. The third-order valence-electron chi connectivity index (χ3n) is 5.59. The van der Waals surface area contributed by atoms with Crippen LogP contribution in [0.2, 0.25) is 0 Å². The second kappa shape index (κ2) is 8.76. The maximum Gasteiger partial charge on any atom is 0.254 e. The number of hydrogen-bond donors (Lipinski definition) is 0. The summed E-state index contributed by atoms with van der Waals surface area (Å²) in [5.41, 5.74) is 1.88. The zero-order chi connectivity index (χ0) is 19.3. The molecule has 4 rings (SSSR count). The molecular formula is C23H28N2O3. The van der Waals surface area contributed by atoms with Crippen molar-refractivity contribution in [3.63, 3.8) is 0 Å². The molecular weight excluding hydrogens is 352 g/mol. The SMILES string of the molecule is CN1CCN(C(=O)c2ccc(OCC3CCCO3)cc2)C(c2ccccc2)C1. The molecule has 0 aromatic heterocycles. The van der Waals surface area contributed by atoms with Crippen molar-refractivity contribution in [3.05, 3.63) is 65.7 Å². The van der Waals surface area contributed by atoms with Crippen molar-refractivity contribution >= 4 is 5.91 Å². The van der Waals surface area contributed by atoms with Gasteiger partial charge in [0.2, 0.25) is 0 Å². The minimum atomic E-state index is 0.0721. The highest BCUT2D eigenvalue weighted by molar-refractivity contribution is 5.94. The molecule has 2 saturated heterocycles. The van der Waals surface area contributed by atoms with Gasteiger partial charge in [0, 0.05) is 31.8 Å². The molecule has 2 aromatic carbocycles. The molecule has 28 heavy (non-hydrogen) atoms. The maximum absolute atomic E-state index is 13.2. The van der Waals surface area contributed by atoms with Crippen molar-refractivity contribution in [3.8, 4) is 5.75 Å². The van der Waals surface area contributed by atoms with Crippen LogP contribution in [0.1, 0.15) is 34.8 Å². The van der Waals surface area contributed by atoms with Gasteiger partial charge in [-0.2, -0.15) is 0 Å². The Hall–Kier alpha value is -2.37. The van der Waals surface area contributed by atoms with E-state index in [1.54, 1.807) is 0 Å². The summed E-state index contributed by atoms with van der Waals surface area (Å²) >= 11 is 0. The number of nitrogens with zero attached hydrogens (tertiary/aromatic N) is 2. The molecule has 0 bridgehead atoms. The molecule has 0 saturated carbocycles. The monoisotopic (exact) mass is 380 g/mol. The molecule has 2 aliphatic rings. The van der Waals surface area contributed by atoms with Gasteiger partial charge in [-0.05, 0) is 49.7 Å². The first kappa shape index (κ1) is 19.0. The Kier molecular flexibility index (Phi) is 5.93. The van der Waals surface area contributed by atoms with Crippen molar-refractivity contribution in [2.75, 3.05) is 39.9 Å². The Labute approximate surface area is 166 Å². The minimum absolute atomic E-state index is 0.0721. The first-order valence-corrected chi connectivity index (χ1v) is 10.1. The van der Waals surface area contributed by atoms with Crippen LogP contribution in [0.4, 0.5) is 0 Å². The van der Waals surface area contributed by atoms with Crippen molar-refractivity contribution in [1.29, 1.82) is 0 Å². The van der Waals surface area contributed by atoms with Crippen LogP contribution in [-0.2, 0) is 4.74 Å². The normalized spacial score (nSPS) is 23.0. The molecule has 5 heteroatoms. The van der Waals surface area contributed by atoms with Gasteiger partial charge in [0.05, 0.1) is 12.1 Å². The van der Waals surface area contributed by atoms with E-state index in [1.165, 1.54) is 5.56 Å². The van der Waals surface area contributed by atoms with E-state index in [4.69, 9.17) is 9.47 Å². The molecule has 5 nitrogen and oxygen atoms in total. The largest absolute Gasteiger partial charge is 0.491 e. The van der Waals surface area contributed by atoms with Crippen LogP contribution in [0.3, 0.4) is 0 Å². The molecule has 0 N–H and O–H groups in total. The van der Waals surface area contributed by atoms with Crippen molar-refractivity contribution in [2.24, 2.45) is 0 Å². The Morgan fingerprint density at radius 1 is 1.11 bits per heavy atom. The van der Waals surface area contributed by atoms with E-state index in [0.717, 1.165) is 44.8 Å². The number of ether oxygens (including phenoxy) is 2. The summed E-state index contributed by atoms with van der Waals surface area (Å²) in [6.45, 7) is 3.86. The lowest BCUT2D eigenvalue weighted by molar-refractivity contribution is 0.0497. The second-order valence-corrected chi connectivity index (χ2v) is 7.66. The third-order valence-corrected chi connectivity index (χ3v) is 5.59. The highest BCUT2D eigenvalue weighted by Gasteiger charge is 2.30. The molecule has 0 aliphatic carbocycles. The summed E-state index contributed by atoms with van der Waals surface area (Å²) in [5, 5.41) is 0. The van der Waals surface area contributed by atoms with Gasteiger partial charge in [-0.3, -0.25) is 4.79 Å². The highest BCUT2D eigenvalue weighted by atomic mass is 16.5. The van der Waals surface area contributed by atoms with E-state index in [9.17, 15) is 4.79 Å². The first-order chi connectivity index (χ1) is 13.7. The van der Waals surface area contributed by atoms with Crippen LogP contribution in [0.15, 0.2) is 54.6 Å². The molecule has 0 radical (unpaired) electrons. The molecule has 2 aliphatic heterocycles. The number of carbonyl (C=O) groups is 1. The zero-order valence-corrected chi connectivity index (χ0v) is 16.4. The predicted molar refractivity (Wildman–Crippen MR) is 109 cm³/mol. The molecule has 1 amide bonds. The highest BCUT2D eigenvalue weighted by Crippen LogP contribution is 2.27. The van der Waals surface area contributed by atoms with Gasteiger partial charge in [-0.15, -0.1) is 0 Å². The van der Waals surface area contributed by atoms with Gasteiger partial charge < -0.3 is 19.3 Å². The van der Waals surface area contributed by atoms with E-state index >= 15 is 0 Å². The average Bonchev–Trinajstić information content (AvgIpc) is 3.26. The van der Waals surface area contributed by atoms with E-state index in [2.05, 4.69) is 24.1 Å². The van der Waals surface area contributed by atoms with Gasteiger partial charge in [0.25, 0.3) is 5.91 Å². The summed E-state index contributed by atoms with van der Waals surface area (Å²) in [4.78, 5) is 17.5. The third kappa shape index (κ3) is 4.37. The molecule has 2 fully saturated rings. The van der Waals surface area contributed by atoms with Crippen molar-refractivity contribution in [2.45, 2.75) is 25.0 Å². The summed E-state index contributed by atoms with van der Waals surface area (Å²) in [5.74, 6) is 0.859. The van der Waals surface area contributed by atoms with Gasteiger partial charge >= 0.3 is 0 Å². The summed E-state index contributed by atoms with van der Waals surface area (Å²) in [6, 6.07) is 17.9. The number of hydrogen-bond acceptors (Lipinski definition) is 4. The maximum atomic E-state index is 13.2. The van der Waals surface area contributed by atoms with Crippen LogP contribution in [-0.4, -0.2) is 61.7 Å². The van der Waals surface area contributed by atoms with Gasteiger partial charge in [0.1, 0.15) is 12.4 Å². The standard InChI is InChI=1S/C23H28N2O3/c1-24-13-14-25(22(16-24)18-6-3-2-4-7-18)23(26)19-9-11-20(12-10-19)28-17-21-8-5-15-27-21/h2-4,6-7,9-12,21-22H,5,8,13-17H2,1H3. The molecule has 2 unspecified atom stereocenters. The summed E-state index contributed by atoms with van der Waals surface area (Å²) < 4.78 is 11.4. The Bertz CT molecular complexity index is 772. The van der Waals surface area contributed by atoms with E-state index < -0.39 is 0 Å². The molecule has 2 heterocycles. The van der Waals surface area contributed by atoms with E-state index in [0.29, 0.717) is 12.2 Å². The first-order valence-electron chi connectivity index (χ1n) is 10.1. The van der Waals surface area contributed by atoms with E-state index in [1.807, 2.05) is 47.4 Å². The van der Waals surface area contributed by atoms with Crippen LogP contribution in [0.5, 0.6) is 5.75 Å². The fourth-order valence-electron chi connectivity index (χ4n) is 3.95. The Morgan fingerprint density at radius 3 is 2.61 bits per heavy atom. The molecule has 2 aromatic rings. The fraction of sp³-hybridized carbons (Fsp3) is 0.435. The topological polar surface area (TPSA) is 42.0 Å². The van der Waals surface area contributed by atoms with Crippen LogP contribution in [0.25, 0.3) is 0 Å². The summed E-state index contributed by atoms with van der Waals surface area (Å²) in [7, 11) is 2.11. The number of piperazine rings is 1. The quantitative estimate of drug-likeness (QED) is 0.798. The second-order valence-electron chi connectivity index (χ2n) is 7.66. The van der Waals surface area contributed by atoms with Gasteiger partial charge in [-0.1, -0.05) is 30.3 Å². The lowest BCUT2D eigenvalue weighted by Gasteiger charge is -2.40. The Morgan fingerprint density at radius 2 is 1.89 bits per heavy atom. The number of likely N-dealkylation sites (N-methyl/N-ethyl adjacent to an activating group) is 1. The van der Waals surface area contributed by atoms with Crippen molar-refractivity contribution < 1.29 is 14.3 Å². The molecule has 148 valence electrons. The predicted octanol–water partition coefficient (Wildman–Crippen LogP) is 3.37. The molecule has 0 spiro atoms. The number of carbonyl (C=O) groups excluding carboxylic acids is 1. The fourth-order valence-corrected chi connectivity index (χ4v) is 3.95. The van der Waals surface area contributed by atoms with Crippen LogP contribution in [0, 0.1) is 0 Å². The minimum Gasteiger partial charge on any atom is -0.491 e.